The van der Waals surface area contributed by atoms with Crippen molar-refractivity contribution in [2.45, 2.75) is 31.6 Å². The predicted octanol–water partition coefficient (Wildman–Crippen LogP) is 4.39. The molecule has 0 atom stereocenters. The van der Waals surface area contributed by atoms with Gasteiger partial charge in [0.25, 0.3) is 0 Å². The van der Waals surface area contributed by atoms with Crippen LogP contribution in [0, 0.1) is 0 Å². The van der Waals surface area contributed by atoms with Crippen molar-refractivity contribution >= 4 is 5.78 Å². The number of benzene rings is 2. The van der Waals surface area contributed by atoms with Crippen LogP contribution >= 0.6 is 0 Å². The van der Waals surface area contributed by atoms with Gasteiger partial charge in [-0.2, -0.15) is 0 Å². The van der Waals surface area contributed by atoms with E-state index in [4.69, 9.17) is 4.74 Å². The van der Waals surface area contributed by atoms with Gasteiger partial charge in [-0.05, 0) is 37.5 Å². The molecule has 3 rings (SSSR count). The molecule has 21 heavy (non-hydrogen) atoms. The summed E-state index contributed by atoms with van der Waals surface area (Å²) in [6.45, 7) is 2.56. The van der Waals surface area contributed by atoms with Crippen molar-refractivity contribution in [2.24, 2.45) is 0 Å². The molecule has 1 aliphatic carbocycles. The molecule has 0 saturated heterocycles. The minimum absolute atomic E-state index is 0.224. The second-order valence-corrected chi connectivity index (χ2v) is 5.59. The highest BCUT2D eigenvalue weighted by Crippen LogP contribution is 2.46. The Hall–Kier alpha value is -2.09. The van der Waals surface area contributed by atoms with E-state index in [9.17, 15) is 4.79 Å². The van der Waals surface area contributed by atoms with Crippen LogP contribution in [0.1, 0.15) is 42.1 Å². The van der Waals surface area contributed by atoms with Gasteiger partial charge in [-0.1, -0.05) is 48.9 Å². The van der Waals surface area contributed by atoms with Gasteiger partial charge in [-0.3, -0.25) is 4.79 Å². The van der Waals surface area contributed by atoms with Crippen molar-refractivity contribution < 1.29 is 9.53 Å². The third-order valence-corrected chi connectivity index (χ3v) is 4.38. The van der Waals surface area contributed by atoms with Crippen molar-refractivity contribution in [3.8, 4) is 5.75 Å². The first kappa shape index (κ1) is 13.9. The van der Waals surface area contributed by atoms with Gasteiger partial charge in [0.15, 0.2) is 5.78 Å². The SMILES string of the molecule is CCOc1cccc(C(=O)C2(c3ccccc3)CCC2)c1. The molecule has 0 spiro atoms. The first-order valence-corrected chi connectivity index (χ1v) is 7.59. The molecule has 108 valence electrons. The molecule has 0 bridgehead atoms. The summed E-state index contributed by atoms with van der Waals surface area (Å²) < 4.78 is 5.51. The largest absolute Gasteiger partial charge is 0.494 e. The highest BCUT2D eigenvalue weighted by atomic mass is 16.5. The monoisotopic (exact) mass is 280 g/mol. The lowest BCUT2D eigenvalue weighted by atomic mass is 9.61. The normalized spacial score (nSPS) is 16.0. The zero-order chi connectivity index (χ0) is 14.7. The van der Waals surface area contributed by atoms with Gasteiger partial charge >= 0.3 is 0 Å². The summed E-state index contributed by atoms with van der Waals surface area (Å²) in [6.07, 6.45) is 3.00. The van der Waals surface area contributed by atoms with E-state index in [0.29, 0.717) is 6.61 Å². The fraction of sp³-hybridized carbons (Fsp3) is 0.316. The van der Waals surface area contributed by atoms with E-state index in [0.717, 1.165) is 36.1 Å². The van der Waals surface area contributed by atoms with Crippen molar-refractivity contribution in [1.29, 1.82) is 0 Å². The van der Waals surface area contributed by atoms with E-state index in [-0.39, 0.29) is 11.2 Å². The Morgan fingerprint density at radius 2 is 1.86 bits per heavy atom. The van der Waals surface area contributed by atoms with Crippen LogP contribution in [-0.4, -0.2) is 12.4 Å². The zero-order valence-electron chi connectivity index (χ0n) is 12.3. The zero-order valence-corrected chi connectivity index (χ0v) is 12.3. The Labute approximate surface area is 125 Å². The van der Waals surface area contributed by atoms with E-state index in [2.05, 4.69) is 12.1 Å². The topological polar surface area (TPSA) is 26.3 Å². The van der Waals surface area contributed by atoms with Crippen molar-refractivity contribution in [2.75, 3.05) is 6.61 Å². The molecule has 0 unspecified atom stereocenters. The maximum absolute atomic E-state index is 13.1. The van der Waals surface area contributed by atoms with Crippen LogP contribution in [0.3, 0.4) is 0 Å². The molecule has 1 aliphatic rings. The van der Waals surface area contributed by atoms with Crippen LogP contribution in [-0.2, 0) is 5.41 Å². The average Bonchev–Trinajstić information content (AvgIpc) is 2.48. The Kier molecular flexibility index (Phi) is 3.78. The van der Waals surface area contributed by atoms with Crippen LogP contribution in [0.4, 0.5) is 0 Å². The number of Topliss-reactive ketones (excluding diaryl/α,β-unsaturated/α-hetero) is 1. The lowest BCUT2D eigenvalue weighted by molar-refractivity contribution is 0.0788. The number of ketones is 1. The predicted molar refractivity (Wildman–Crippen MR) is 83.9 cm³/mol. The number of rotatable bonds is 5. The van der Waals surface area contributed by atoms with Gasteiger partial charge in [0.2, 0.25) is 0 Å². The van der Waals surface area contributed by atoms with Gasteiger partial charge in [-0.25, -0.2) is 0 Å². The lowest BCUT2D eigenvalue weighted by Gasteiger charge is -2.41. The smallest absolute Gasteiger partial charge is 0.173 e. The number of hydrogen-bond donors (Lipinski definition) is 0. The standard InChI is InChI=1S/C19H20O2/c1-2-21-17-11-6-8-15(14-17)18(20)19(12-7-13-19)16-9-4-3-5-10-16/h3-6,8-11,14H,2,7,12-13H2,1H3. The molecule has 1 saturated carbocycles. The van der Waals surface area contributed by atoms with E-state index in [1.807, 2.05) is 49.4 Å². The molecule has 0 aliphatic heterocycles. The van der Waals surface area contributed by atoms with Gasteiger partial charge < -0.3 is 4.74 Å². The first-order chi connectivity index (χ1) is 10.3. The summed E-state index contributed by atoms with van der Waals surface area (Å²) in [5.41, 5.74) is 1.57. The summed E-state index contributed by atoms with van der Waals surface area (Å²) in [4.78, 5) is 13.1. The molecule has 0 radical (unpaired) electrons. The summed E-state index contributed by atoms with van der Waals surface area (Å²) in [6, 6.07) is 17.7. The van der Waals surface area contributed by atoms with Gasteiger partial charge in [-0.15, -0.1) is 0 Å². The van der Waals surface area contributed by atoms with E-state index in [1.54, 1.807) is 0 Å². The highest BCUT2D eigenvalue weighted by Gasteiger charge is 2.45. The average molecular weight is 280 g/mol. The summed E-state index contributed by atoms with van der Waals surface area (Å²) >= 11 is 0. The molecule has 0 heterocycles. The van der Waals surface area contributed by atoms with Gasteiger partial charge in [0, 0.05) is 5.56 Å². The van der Waals surface area contributed by atoms with Gasteiger partial charge in [0.1, 0.15) is 5.75 Å². The Bertz CT molecular complexity index is 627. The van der Waals surface area contributed by atoms with Crippen molar-refractivity contribution in [1.82, 2.24) is 0 Å². The molecule has 2 heteroatoms. The van der Waals surface area contributed by atoms with Crippen molar-refractivity contribution in [3.05, 3.63) is 65.7 Å². The molecule has 0 aromatic heterocycles. The van der Waals surface area contributed by atoms with Gasteiger partial charge in [0.05, 0.1) is 12.0 Å². The van der Waals surface area contributed by atoms with Crippen LogP contribution in [0.2, 0.25) is 0 Å². The van der Waals surface area contributed by atoms with Crippen LogP contribution < -0.4 is 4.74 Å². The number of carbonyl (C=O) groups is 1. The Morgan fingerprint density at radius 1 is 1.10 bits per heavy atom. The second-order valence-electron chi connectivity index (χ2n) is 5.59. The number of carbonyl (C=O) groups excluding carboxylic acids is 1. The molecule has 0 amide bonds. The van der Waals surface area contributed by atoms with Crippen LogP contribution in [0.25, 0.3) is 0 Å². The van der Waals surface area contributed by atoms with Crippen molar-refractivity contribution in [3.63, 3.8) is 0 Å². The quantitative estimate of drug-likeness (QED) is 0.759. The highest BCUT2D eigenvalue weighted by molar-refractivity contribution is 6.05. The second kappa shape index (κ2) is 5.72. The molecular weight excluding hydrogens is 260 g/mol. The summed E-state index contributed by atoms with van der Waals surface area (Å²) in [5, 5.41) is 0. The minimum atomic E-state index is -0.327. The van der Waals surface area contributed by atoms with E-state index < -0.39 is 0 Å². The first-order valence-electron chi connectivity index (χ1n) is 7.59. The minimum Gasteiger partial charge on any atom is -0.494 e. The summed E-state index contributed by atoms with van der Waals surface area (Å²) in [5.74, 6) is 0.993. The fourth-order valence-electron chi connectivity index (χ4n) is 3.10. The molecule has 1 fully saturated rings. The molecule has 0 N–H and O–H groups in total. The maximum Gasteiger partial charge on any atom is 0.173 e. The molecular formula is C19H20O2. The molecule has 2 aromatic rings. The molecule has 2 nitrogen and oxygen atoms in total. The lowest BCUT2D eigenvalue weighted by Crippen LogP contribution is -2.42. The molecule has 2 aromatic carbocycles. The Balaban J connectivity index is 1.95. The maximum atomic E-state index is 13.1. The van der Waals surface area contributed by atoms with E-state index >= 15 is 0 Å². The van der Waals surface area contributed by atoms with Crippen LogP contribution in [0.5, 0.6) is 5.75 Å². The number of hydrogen-bond acceptors (Lipinski definition) is 2. The van der Waals surface area contributed by atoms with E-state index in [1.165, 1.54) is 0 Å². The number of ether oxygens (including phenoxy) is 1. The third-order valence-electron chi connectivity index (χ3n) is 4.38. The third kappa shape index (κ3) is 2.46. The Morgan fingerprint density at radius 3 is 2.48 bits per heavy atom. The van der Waals surface area contributed by atoms with Crippen LogP contribution in [0.15, 0.2) is 54.6 Å². The summed E-state index contributed by atoms with van der Waals surface area (Å²) in [7, 11) is 0. The fourth-order valence-corrected chi connectivity index (χ4v) is 3.10.